The van der Waals surface area contributed by atoms with Crippen molar-refractivity contribution < 1.29 is 17.5 Å². The van der Waals surface area contributed by atoms with Gasteiger partial charge in [0.25, 0.3) is 0 Å². The fourth-order valence-electron chi connectivity index (χ4n) is 5.00. The molecule has 1 N–H and O–H groups in total. The van der Waals surface area contributed by atoms with E-state index in [2.05, 4.69) is 36.2 Å². The first-order chi connectivity index (χ1) is 23.2. The van der Waals surface area contributed by atoms with E-state index < -0.39 is 9.84 Å². The van der Waals surface area contributed by atoms with E-state index >= 15 is 0 Å². The van der Waals surface area contributed by atoms with E-state index in [1.165, 1.54) is 18.5 Å². The summed E-state index contributed by atoms with van der Waals surface area (Å²) >= 11 is 5.16. The minimum atomic E-state index is -3.30. The van der Waals surface area contributed by atoms with Gasteiger partial charge in [-0.25, -0.2) is 27.8 Å². The van der Waals surface area contributed by atoms with Crippen molar-refractivity contribution in [2.45, 2.75) is 24.3 Å². The van der Waals surface area contributed by atoms with Crippen molar-refractivity contribution in [3.8, 4) is 17.1 Å². The summed E-state index contributed by atoms with van der Waals surface area (Å²) in [7, 11) is -1.36. The summed E-state index contributed by atoms with van der Waals surface area (Å²) < 4.78 is 45.3. The van der Waals surface area contributed by atoms with Gasteiger partial charge in [-0.15, -0.1) is 11.3 Å². The number of aromatic nitrogens is 4. The van der Waals surface area contributed by atoms with E-state index in [0.29, 0.717) is 34.2 Å². The fraction of sp³-hybridized carbons (Fsp3) is 0.200. The minimum absolute atomic E-state index is 0.0815. The van der Waals surface area contributed by atoms with Crippen LogP contribution in [-0.4, -0.2) is 59.1 Å². The first kappa shape index (κ1) is 33.6. The first-order valence-electron chi connectivity index (χ1n) is 15.2. The lowest BCUT2D eigenvalue weighted by atomic mass is 10.2. The number of pyridine rings is 1. The van der Waals surface area contributed by atoms with Crippen molar-refractivity contribution in [1.82, 2.24) is 24.8 Å². The lowest BCUT2D eigenvalue weighted by Gasteiger charge is -2.16. The minimum Gasteiger partial charge on any atom is -0.488 e. The second-order valence-electron chi connectivity index (χ2n) is 11.2. The largest absolute Gasteiger partial charge is 0.488 e. The molecule has 0 radical (unpaired) electrons. The van der Waals surface area contributed by atoms with Gasteiger partial charge in [0.1, 0.15) is 30.3 Å². The molecule has 6 aromatic rings. The molecule has 0 unspecified atom stereocenters. The van der Waals surface area contributed by atoms with Crippen LogP contribution in [-0.2, 0) is 22.9 Å². The molecule has 0 saturated carbocycles. The maximum atomic E-state index is 13.5. The first-order valence-corrected chi connectivity index (χ1v) is 18.5. The Morgan fingerprint density at radius 2 is 1.81 bits per heavy atom. The van der Waals surface area contributed by atoms with Crippen LogP contribution in [0, 0.1) is 5.82 Å². The highest BCUT2D eigenvalue weighted by Crippen LogP contribution is 2.32. The van der Waals surface area contributed by atoms with E-state index in [9.17, 15) is 12.8 Å². The molecule has 0 bridgehead atoms. The zero-order valence-electron chi connectivity index (χ0n) is 26.0. The maximum absolute atomic E-state index is 13.5. The van der Waals surface area contributed by atoms with Crippen LogP contribution in [0.1, 0.15) is 17.0 Å². The van der Waals surface area contributed by atoms with Gasteiger partial charge in [0.2, 0.25) is 0 Å². The smallest absolute Gasteiger partial charge is 0.179 e. The van der Waals surface area contributed by atoms with Crippen molar-refractivity contribution in [3.63, 3.8) is 0 Å². The molecular weight excluding hydrogens is 715 g/mol. The second kappa shape index (κ2) is 15.3. The van der Waals surface area contributed by atoms with E-state index in [0.717, 1.165) is 51.2 Å². The van der Waals surface area contributed by atoms with Crippen LogP contribution in [0.25, 0.3) is 22.3 Å². The van der Waals surface area contributed by atoms with Gasteiger partial charge in [-0.2, -0.15) is 0 Å². The number of nitrogens with zero attached hydrogens (tertiary/aromatic N) is 5. The van der Waals surface area contributed by atoms with E-state index in [1.54, 1.807) is 47.9 Å². The molecule has 3 heterocycles. The molecule has 0 spiro atoms. The summed E-state index contributed by atoms with van der Waals surface area (Å²) in [5, 5.41) is 7.16. The number of hydrogen-bond donors (Lipinski definition) is 1. The SMILES string of the molecule is CN(CCCc1nc(-c2cc3c(Nc4ccc(OCc5cccc(F)c5)c(Br)c4)ncnc3cn2)cs1)CCS(=O)(=O)c1ccccc1. The monoisotopic (exact) mass is 746 g/mol. The standard InChI is InChI=1S/C35H32BrFN6O3S2/c1-43(15-16-48(44,45)27-9-3-2-4-10-27)14-6-11-34-42-32(22-47-34)30-19-28-31(20-38-30)39-23-40-35(28)41-26-12-13-33(29(36)18-26)46-21-24-7-5-8-25(37)17-24/h2-5,7-10,12-13,17-20,22-23H,6,11,14-16,21H2,1H3,(H,39,40,41). The third-order valence-corrected chi connectivity index (χ3v) is 10.8. The molecule has 3 aromatic carbocycles. The van der Waals surface area contributed by atoms with Gasteiger partial charge in [0, 0.05) is 29.4 Å². The molecule has 0 aliphatic heterocycles. The molecule has 9 nitrogen and oxygen atoms in total. The zero-order valence-corrected chi connectivity index (χ0v) is 29.2. The maximum Gasteiger partial charge on any atom is 0.179 e. The summed E-state index contributed by atoms with van der Waals surface area (Å²) in [6, 6.07) is 22.4. The predicted molar refractivity (Wildman–Crippen MR) is 191 cm³/mol. The number of nitrogens with one attached hydrogen (secondary N) is 1. The molecular formula is C35H32BrFN6O3S2. The lowest BCUT2D eigenvalue weighted by molar-refractivity contribution is 0.303. The van der Waals surface area contributed by atoms with Crippen molar-refractivity contribution in [2.75, 3.05) is 31.2 Å². The summed E-state index contributed by atoms with van der Waals surface area (Å²) in [5.41, 5.74) is 3.71. The topological polar surface area (TPSA) is 110 Å². The Kier molecular flexibility index (Phi) is 10.7. The van der Waals surface area contributed by atoms with Crippen LogP contribution in [0.4, 0.5) is 15.9 Å². The number of rotatable bonds is 14. The number of sulfone groups is 1. The number of hydrogen-bond acceptors (Lipinski definition) is 10. The molecule has 6 rings (SSSR count). The van der Waals surface area contributed by atoms with Gasteiger partial charge >= 0.3 is 0 Å². The van der Waals surface area contributed by atoms with Crippen LogP contribution in [0.5, 0.6) is 5.75 Å². The van der Waals surface area contributed by atoms with Crippen LogP contribution < -0.4 is 10.1 Å². The molecule has 0 aliphatic rings. The third-order valence-electron chi connectivity index (χ3n) is 7.59. The molecule has 13 heteroatoms. The number of ether oxygens (including phenoxy) is 1. The third kappa shape index (κ3) is 8.58. The predicted octanol–water partition coefficient (Wildman–Crippen LogP) is 7.71. The molecule has 3 aromatic heterocycles. The lowest BCUT2D eigenvalue weighted by Crippen LogP contribution is -2.27. The quantitative estimate of drug-likeness (QED) is 0.120. The van der Waals surface area contributed by atoms with Crippen LogP contribution in [0.15, 0.2) is 106 Å². The second-order valence-corrected chi connectivity index (χ2v) is 15.1. The van der Waals surface area contributed by atoms with Gasteiger partial charge in [-0.05, 0) is 90.0 Å². The zero-order chi connectivity index (χ0) is 33.5. The van der Waals surface area contributed by atoms with Crippen molar-refractivity contribution >= 4 is 59.5 Å². The summed E-state index contributed by atoms with van der Waals surface area (Å²) in [6.45, 7) is 1.47. The summed E-state index contributed by atoms with van der Waals surface area (Å²) in [5.74, 6) is 1.04. The highest BCUT2D eigenvalue weighted by atomic mass is 79.9. The number of fused-ring (bicyclic) bond motifs is 1. The number of thiazole rings is 1. The van der Waals surface area contributed by atoms with Gasteiger partial charge in [0.15, 0.2) is 9.84 Å². The van der Waals surface area contributed by atoms with E-state index in [-0.39, 0.29) is 18.2 Å². The molecule has 0 fully saturated rings. The van der Waals surface area contributed by atoms with Gasteiger partial charge < -0.3 is 15.0 Å². The van der Waals surface area contributed by atoms with Crippen molar-refractivity contribution in [3.05, 3.63) is 118 Å². The highest BCUT2D eigenvalue weighted by molar-refractivity contribution is 9.10. The summed E-state index contributed by atoms with van der Waals surface area (Å²) in [6.07, 6.45) is 4.84. The van der Waals surface area contributed by atoms with Crippen molar-refractivity contribution in [1.29, 1.82) is 0 Å². The Morgan fingerprint density at radius 3 is 2.62 bits per heavy atom. The van der Waals surface area contributed by atoms with Crippen molar-refractivity contribution in [2.24, 2.45) is 0 Å². The fourth-order valence-corrected chi connectivity index (χ4v) is 7.68. The summed E-state index contributed by atoms with van der Waals surface area (Å²) in [4.78, 5) is 20.7. The Labute approximate surface area is 290 Å². The van der Waals surface area contributed by atoms with E-state index in [1.807, 2.05) is 53.7 Å². The Morgan fingerprint density at radius 1 is 0.958 bits per heavy atom. The van der Waals surface area contributed by atoms with Gasteiger partial charge in [-0.3, -0.25) is 4.98 Å². The molecule has 0 saturated heterocycles. The Balaban J connectivity index is 1.06. The van der Waals surface area contributed by atoms with Crippen LogP contribution in [0.3, 0.4) is 0 Å². The molecule has 0 aliphatic carbocycles. The van der Waals surface area contributed by atoms with E-state index in [4.69, 9.17) is 9.72 Å². The number of halogens is 2. The Hall–Kier alpha value is -4.30. The normalized spacial score (nSPS) is 11.7. The molecule has 0 amide bonds. The highest BCUT2D eigenvalue weighted by Gasteiger charge is 2.16. The number of benzene rings is 3. The number of anilines is 2. The van der Waals surface area contributed by atoms with Crippen LogP contribution >= 0.6 is 27.3 Å². The molecule has 0 atom stereocenters. The molecule has 48 heavy (non-hydrogen) atoms. The average Bonchev–Trinajstić information content (AvgIpc) is 3.56. The van der Waals surface area contributed by atoms with Crippen LogP contribution in [0.2, 0.25) is 0 Å². The van der Waals surface area contributed by atoms with Gasteiger partial charge in [-0.1, -0.05) is 30.3 Å². The number of aryl methyl sites for hydroxylation is 1. The van der Waals surface area contributed by atoms with Gasteiger partial charge in [0.05, 0.1) is 43.2 Å². The molecule has 246 valence electrons. The Bertz CT molecular complexity index is 2130. The average molecular weight is 748 g/mol.